The van der Waals surface area contributed by atoms with E-state index >= 15 is 0 Å². The molecule has 3 heteroatoms. The first-order valence-electron chi connectivity index (χ1n) is 12.4. The molecule has 0 aliphatic rings. The van der Waals surface area contributed by atoms with E-state index in [1.54, 1.807) is 12.4 Å². The zero-order valence-corrected chi connectivity index (χ0v) is 20.7. The second-order valence-corrected chi connectivity index (χ2v) is 10.5. The van der Waals surface area contributed by atoms with Gasteiger partial charge in [-0.3, -0.25) is 9.97 Å². The van der Waals surface area contributed by atoms with Crippen LogP contribution < -0.4 is 0 Å². The van der Waals surface area contributed by atoms with Gasteiger partial charge in [0.1, 0.15) is 0 Å². The molecule has 8 aromatic rings. The Morgan fingerprint density at radius 1 is 0.432 bits per heavy atom. The van der Waals surface area contributed by atoms with E-state index in [4.69, 9.17) is 4.98 Å². The normalized spacial score (nSPS) is 11.8. The highest BCUT2D eigenvalue weighted by Gasteiger charge is 2.13. The summed E-state index contributed by atoms with van der Waals surface area (Å²) in [6, 6.07) is 39.5. The van der Waals surface area contributed by atoms with Gasteiger partial charge in [-0.05, 0) is 51.2 Å². The first-order chi connectivity index (χ1) is 18.3. The highest BCUT2D eigenvalue weighted by molar-refractivity contribution is 7.26. The van der Waals surface area contributed by atoms with Gasteiger partial charge in [0.2, 0.25) is 0 Å². The fraction of sp³-hybridized carbons (Fsp3) is 0. The molecule has 2 nitrogen and oxygen atoms in total. The molecule has 0 saturated carbocycles. The first kappa shape index (κ1) is 20.6. The molecule has 0 aliphatic carbocycles. The average molecular weight is 489 g/mol. The van der Waals surface area contributed by atoms with E-state index in [1.807, 2.05) is 11.3 Å². The quantitative estimate of drug-likeness (QED) is 0.226. The maximum Gasteiger partial charge on any atom is 0.0971 e. The Labute approximate surface area is 217 Å². The van der Waals surface area contributed by atoms with Crippen molar-refractivity contribution < 1.29 is 0 Å². The van der Waals surface area contributed by atoms with Gasteiger partial charge in [0.25, 0.3) is 0 Å². The fourth-order valence-electron chi connectivity index (χ4n) is 5.65. The summed E-state index contributed by atoms with van der Waals surface area (Å²) in [6.07, 6.45) is 3.56. The summed E-state index contributed by atoms with van der Waals surface area (Å²) in [6.45, 7) is 0. The zero-order chi connectivity index (χ0) is 24.3. The van der Waals surface area contributed by atoms with E-state index in [-0.39, 0.29) is 0 Å². The van der Waals surface area contributed by atoms with Crippen molar-refractivity contribution in [3.8, 4) is 22.3 Å². The van der Waals surface area contributed by atoms with Crippen LogP contribution in [0.5, 0.6) is 0 Å². The summed E-state index contributed by atoms with van der Waals surface area (Å²) in [4.78, 5) is 9.37. The summed E-state index contributed by atoms with van der Waals surface area (Å²) in [5.74, 6) is 0. The number of aromatic nitrogens is 2. The summed E-state index contributed by atoms with van der Waals surface area (Å²) < 4.78 is 2.67. The van der Waals surface area contributed by atoms with E-state index in [2.05, 4.69) is 114 Å². The minimum absolute atomic E-state index is 0.952. The average Bonchev–Trinajstić information content (AvgIpc) is 3.36. The van der Waals surface area contributed by atoms with Gasteiger partial charge in [-0.25, -0.2) is 0 Å². The van der Waals surface area contributed by atoms with Crippen molar-refractivity contribution >= 4 is 64.1 Å². The number of nitrogens with zero attached hydrogens (tertiary/aromatic N) is 2. The lowest BCUT2D eigenvalue weighted by Gasteiger charge is -2.11. The smallest absolute Gasteiger partial charge is 0.0971 e. The van der Waals surface area contributed by atoms with Gasteiger partial charge in [-0.1, -0.05) is 91.0 Å². The maximum atomic E-state index is 4.70. The second-order valence-electron chi connectivity index (χ2n) is 9.42. The Balaban J connectivity index is 1.34. The third kappa shape index (κ3) is 3.11. The number of hydrogen-bond acceptors (Lipinski definition) is 3. The van der Waals surface area contributed by atoms with Gasteiger partial charge in [-0.2, -0.15) is 0 Å². The van der Waals surface area contributed by atoms with Crippen LogP contribution in [0, 0.1) is 0 Å². The monoisotopic (exact) mass is 488 g/mol. The minimum atomic E-state index is 0.952. The Bertz CT molecular complexity index is 2120. The second kappa shape index (κ2) is 7.95. The van der Waals surface area contributed by atoms with Crippen molar-refractivity contribution in [1.29, 1.82) is 0 Å². The SMILES string of the molecule is c1cc(-c2ccc3c(c2)c2ccccc2c2nccnc32)cc(-c2cccc3c2sc2ccccc23)c1. The molecule has 0 amide bonds. The molecule has 0 N–H and O–H groups in total. The van der Waals surface area contributed by atoms with E-state index in [1.165, 1.54) is 53.2 Å². The molecular formula is C34H20N2S. The number of hydrogen-bond donors (Lipinski definition) is 0. The van der Waals surface area contributed by atoms with Crippen molar-refractivity contribution in [2.24, 2.45) is 0 Å². The van der Waals surface area contributed by atoms with Crippen LogP contribution in [0.4, 0.5) is 0 Å². The molecule has 0 unspecified atom stereocenters. The van der Waals surface area contributed by atoms with Crippen molar-refractivity contribution in [3.05, 3.63) is 122 Å². The summed E-state index contributed by atoms with van der Waals surface area (Å²) in [5.41, 5.74) is 6.84. The summed E-state index contributed by atoms with van der Waals surface area (Å²) in [5, 5.41) is 7.35. The van der Waals surface area contributed by atoms with Crippen molar-refractivity contribution in [1.82, 2.24) is 9.97 Å². The van der Waals surface area contributed by atoms with Gasteiger partial charge >= 0.3 is 0 Å². The standard InChI is InChI=1S/C34H20N2S/c1-2-11-27-25(9-1)30-20-22(15-16-28(30)33-32(27)35-17-18-36-33)21-7-5-8-23(19-21)24-12-6-13-29-26-10-3-4-14-31(26)37-34(24)29/h1-20H. The molecule has 0 atom stereocenters. The molecule has 2 aromatic heterocycles. The van der Waals surface area contributed by atoms with Crippen LogP contribution in [-0.2, 0) is 0 Å². The molecule has 8 rings (SSSR count). The molecule has 37 heavy (non-hydrogen) atoms. The number of fused-ring (bicyclic) bond motifs is 9. The molecule has 6 aromatic carbocycles. The molecule has 0 bridgehead atoms. The molecule has 0 spiro atoms. The van der Waals surface area contributed by atoms with Crippen LogP contribution in [0.1, 0.15) is 0 Å². The predicted octanol–water partition coefficient (Wildman–Crippen LogP) is 9.64. The first-order valence-corrected chi connectivity index (χ1v) is 13.2. The molecule has 0 radical (unpaired) electrons. The largest absolute Gasteiger partial charge is 0.252 e. The molecule has 2 heterocycles. The Morgan fingerprint density at radius 2 is 1.08 bits per heavy atom. The lowest BCUT2D eigenvalue weighted by atomic mass is 9.94. The minimum Gasteiger partial charge on any atom is -0.252 e. The zero-order valence-electron chi connectivity index (χ0n) is 19.8. The van der Waals surface area contributed by atoms with Gasteiger partial charge < -0.3 is 0 Å². The lowest BCUT2D eigenvalue weighted by molar-refractivity contribution is 1.31. The number of benzene rings is 6. The van der Waals surface area contributed by atoms with Crippen molar-refractivity contribution in [3.63, 3.8) is 0 Å². The van der Waals surface area contributed by atoms with Crippen LogP contribution in [0.25, 0.3) is 75.0 Å². The number of thiophene rings is 1. The molecule has 0 fully saturated rings. The number of rotatable bonds is 2. The highest BCUT2D eigenvalue weighted by Crippen LogP contribution is 2.41. The summed E-state index contributed by atoms with van der Waals surface area (Å²) >= 11 is 1.88. The van der Waals surface area contributed by atoms with Gasteiger partial charge in [0, 0.05) is 43.3 Å². The van der Waals surface area contributed by atoms with E-state index in [0.29, 0.717) is 0 Å². The Morgan fingerprint density at radius 3 is 1.95 bits per heavy atom. The fourth-order valence-corrected chi connectivity index (χ4v) is 6.89. The molecule has 0 saturated heterocycles. The van der Waals surface area contributed by atoms with Crippen LogP contribution in [-0.4, -0.2) is 9.97 Å². The Hall–Kier alpha value is -4.60. The molecule has 0 aliphatic heterocycles. The highest BCUT2D eigenvalue weighted by atomic mass is 32.1. The van der Waals surface area contributed by atoms with E-state index in [0.717, 1.165) is 21.8 Å². The molecular weight excluding hydrogens is 468 g/mol. The van der Waals surface area contributed by atoms with Gasteiger partial charge in [0.15, 0.2) is 0 Å². The van der Waals surface area contributed by atoms with Crippen molar-refractivity contribution in [2.75, 3.05) is 0 Å². The third-order valence-corrected chi connectivity index (χ3v) is 8.58. The van der Waals surface area contributed by atoms with Crippen molar-refractivity contribution in [2.45, 2.75) is 0 Å². The van der Waals surface area contributed by atoms with Gasteiger partial charge in [-0.15, -0.1) is 11.3 Å². The Kier molecular flexibility index (Phi) is 4.42. The maximum absolute atomic E-state index is 4.70. The van der Waals surface area contributed by atoms with Gasteiger partial charge in [0.05, 0.1) is 11.0 Å². The third-order valence-electron chi connectivity index (χ3n) is 7.36. The van der Waals surface area contributed by atoms with E-state index in [9.17, 15) is 0 Å². The summed E-state index contributed by atoms with van der Waals surface area (Å²) in [7, 11) is 0. The van der Waals surface area contributed by atoms with Crippen LogP contribution in [0.2, 0.25) is 0 Å². The lowest BCUT2D eigenvalue weighted by Crippen LogP contribution is -1.89. The van der Waals surface area contributed by atoms with Crippen LogP contribution in [0.15, 0.2) is 122 Å². The van der Waals surface area contributed by atoms with E-state index < -0.39 is 0 Å². The van der Waals surface area contributed by atoms with Crippen LogP contribution in [0.3, 0.4) is 0 Å². The molecule has 172 valence electrons. The van der Waals surface area contributed by atoms with Crippen LogP contribution >= 0.6 is 11.3 Å². The predicted molar refractivity (Wildman–Crippen MR) is 158 cm³/mol. The topological polar surface area (TPSA) is 25.8 Å².